The van der Waals surface area contributed by atoms with Crippen molar-refractivity contribution >= 4 is 17.5 Å². The number of nitrogens with one attached hydrogen (secondary N) is 2. The van der Waals surface area contributed by atoms with E-state index in [0.717, 1.165) is 0 Å². The third-order valence-electron chi connectivity index (χ3n) is 2.66. The highest BCUT2D eigenvalue weighted by atomic mass is 16.5. The summed E-state index contributed by atoms with van der Waals surface area (Å²) < 4.78 is 5.44. The summed E-state index contributed by atoms with van der Waals surface area (Å²) in [6.45, 7) is 7.42. The molecule has 0 fully saturated rings. The average molecular weight is 262 g/mol. The number of rotatable bonds is 1. The monoisotopic (exact) mass is 262 g/mol. The molecular weight excluding hydrogens is 244 g/mol. The molecule has 1 unspecified atom stereocenters. The Kier molecular flexibility index (Phi) is 3.22. The van der Waals surface area contributed by atoms with Crippen molar-refractivity contribution in [1.82, 2.24) is 5.32 Å². The summed E-state index contributed by atoms with van der Waals surface area (Å²) >= 11 is 0. The Morgan fingerprint density at radius 3 is 2.68 bits per heavy atom. The van der Waals surface area contributed by atoms with Gasteiger partial charge in [-0.25, -0.2) is 0 Å². The van der Waals surface area contributed by atoms with Gasteiger partial charge in [0.1, 0.15) is 5.75 Å². The van der Waals surface area contributed by atoms with Crippen LogP contribution in [0.3, 0.4) is 0 Å². The second kappa shape index (κ2) is 4.57. The van der Waals surface area contributed by atoms with Crippen LogP contribution in [0.15, 0.2) is 18.2 Å². The van der Waals surface area contributed by atoms with Gasteiger partial charge in [0.05, 0.1) is 5.69 Å². The van der Waals surface area contributed by atoms with E-state index in [-0.39, 0.29) is 17.4 Å². The highest BCUT2D eigenvalue weighted by Gasteiger charge is 2.24. The van der Waals surface area contributed by atoms with Crippen molar-refractivity contribution in [3.8, 4) is 5.75 Å². The van der Waals surface area contributed by atoms with Crippen molar-refractivity contribution < 1.29 is 14.3 Å². The highest BCUT2D eigenvalue weighted by Crippen LogP contribution is 2.30. The first kappa shape index (κ1) is 13.4. The molecule has 2 amide bonds. The van der Waals surface area contributed by atoms with Crippen LogP contribution in [-0.4, -0.2) is 23.5 Å². The molecule has 0 aromatic heterocycles. The van der Waals surface area contributed by atoms with Crippen LogP contribution in [0.5, 0.6) is 5.75 Å². The van der Waals surface area contributed by atoms with Gasteiger partial charge >= 0.3 is 0 Å². The molecule has 0 saturated carbocycles. The number of hydrogen-bond donors (Lipinski definition) is 2. The fourth-order valence-electron chi connectivity index (χ4n) is 1.76. The molecule has 0 saturated heterocycles. The Morgan fingerprint density at radius 2 is 2.05 bits per heavy atom. The molecule has 1 heterocycles. The van der Waals surface area contributed by atoms with Crippen LogP contribution in [0.4, 0.5) is 5.69 Å². The fourth-order valence-corrected chi connectivity index (χ4v) is 1.76. The van der Waals surface area contributed by atoms with Crippen LogP contribution in [0.25, 0.3) is 0 Å². The molecule has 2 rings (SSSR count). The molecule has 1 aliphatic rings. The quantitative estimate of drug-likeness (QED) is 0.812. The third-order valence-corrected chi connectivity index (χ3v) is 2.66. The second-order valence-corrected chi connectivity index (χ2v) is 5.66. The Labute approximate surface area is 112 Å². The van der Waals surface area contributed by atoms with Gasteiger partial charge in [0.2, 0.25) is 0 Å². The molecular formula is C14H18N2O3. The topological polar surface area (TPSA) is 67.4 Å². The van der Waals surface area contributed by atoms with Gasteiger partial charge in [-0.1, -0.05) is 0 Å². The van der Waals surface area contributed by atoms with Gasteiger partial charge in [-0.2, -0.15) is 0 Å². The molecule has 5 heteroatoms. The molecule has 2 N–H and O–H groups in total. The van der Waals surface area contributed by atoms with Crippen LogP contribution < -0.4 is 15.4 Å². The summed E-state index contributed by atoms with van der Waals surface area (Å²) in [5.74, 6) is 0.198. The Balaban J connectivity index is 2.24. The zero-order chi connectivity index (χ0) is 14.2. The molecule has 5 nitrogen and oxygen atoms in total. The number of carbonyl (C=O) groups is 2. The predicted octanol–water partition coefficient (Wildman–Crippen LogP) is 1.93. The largest absolute Gasteiger partial charge is 0.479 e. The minimum atomic E-state index is -0.512. The van der Waals surface area contributed by atoms with Gasteiger partial charge in [0, 0.05) is 11.1 Å². The number of hydrogen-bond acceptors (Lipinski definition) is 3. The molecule has 0 bridgehead atoms. The summed E-state index contributed by atoms with van der Waals surface area (Å²) in [6.07, 6.45) is -0.512. The van der Waals surface area contributed by atoms with Crippen LogP contribution in [0, 0.1) is 0 Å². The Hall–Kier alpha value is -2.04. The normalized spacial score (nSPS) is 18.1. The van der Waals surface area contributed by atoms with E-state index >= 15 is 0 Å². The maximum Gasteiger partial charge on any atom is 0.265 e. The standard InChI is InChI=1S/C14H18N2O3/c1-8-12(17)15-10-7-9(5-6-11(10)19-8)13(18)16-14(2,3)4/h5-8H,1-4H3,(H,15,17)(H,16,18). The summed E-state index contributed by atoms with van der Waals surface area (Å²) in [5, 5.41) is 5.59. The van der Waals surface area contributed by atoms with Crippen LogP contribution in [-0.2, 0) is 4.79 Å². The van der Waals surface area contributed by atoms with E-state index in [1.165, 1.54) is 0 Å². The number of carbonyl (C=O) groups excluding carboxylic acids is 2. The molecule has 1 atom stereocenters. The second-order valence-electron chi connectivity index (χ2n) is 5.66. The molecule has 1 aromatic rings. The molecule has 1 aliphatic heterocycles. The minimum absolute atomic E-state index is 0.178. The van der Waals surface area contributed by atoms with Gasteiger partial charge < -0.3 is 15.4 Å². The predicted molar refractivity (Wildman–Crippen MR) is 72.4 cm³/mol. The van der Waals surface area contributed by atoms with E-state index in [4.69, 9.17) is 4.74 Å². The molecule has 1 aromatic carbocycles. The molecule has 19 heavy (non-hydrogen) atoms. The van der Waals surface area contributed by atoms with Crippen LogP contribution >= 0.6 is 0 Å². The average Bonchev–Trinajstić information content (AvgIpc) is 2.27. The number of fused-ring (bicyclic) bond motifs is 1. The van der Waals surface area contributed by atoms with E-state index in [1.807, 2.05) is 20.8 Å². The minimum Gasteiger partial charge on any atom is -0.479 e. The lowest BCUT2D eigenvalue weighted by Gasteiger charge is -2.24. The molecule has 0 aliphatic carbocycles. The first-order chi connectivity index (χ1) is 8.76. The maximum absolute atomic E-state index is 12.0. The SMILES string of the molecule is CC1Oc2ccc(C(=O)NC(C)(C)C)cc2NC1=O. The fraction of sp³-hybridized carbons (Fsp3) is 0.429. The first-order valence-electron chi connectivity index (χ1n) is 6.20. The summed E-state index contributed by atoms with van der Waals surface area (Å²) in [6, 6.07) is 5.01. The zero-order valence-corrected chi connectivity index (χ0v) is 11.5. The van der Waals surface area contributed by atoms with Crippen molar-refractivity contribution in [1.29, 1.82) is 0 Å². The third kappa shape index (κ3) is 3.05. The van der Waals surface area contributed by atoms with Crippen molar-refractivity contribution in [3.63, 3.8) is 0 Å². The van der Waals surface area contributed by atoms with Gasteiger partial charge in [0.25, 0.3) is 11.8 Å². The van der Waals surface area contributed by atoms with Crippen LogP contribution in [0.1, 0.15) is 38.1 Å². The Morgan fingerprint density at radius 1 is 1.37 bits per heavy atom. The number of benzene rings is 1. The Bertz CT molecular complexity index is 532. The van der Waals surface area contributed by atoms with Crippen LogP contribution in [0.2, 0.25) is 0 Å². The lowest BCUT2D eigenvalue weighted by molar-refractivity contribution is -0.122. The number of anilines is 1. The summed E-state index contributed by atoms with van der Waals surface area (Å²) in [5.41, 5.74) is 0.720. The van der Waals surface area contributed by atoms with Gasteiger partial charge in [-0.05, 0) is 45.9 Å². The zero-order valence-electron chi connectivity index (χ0n) is 11.5. The number of amides is 2. The van der Waals surface area contributed by atoms with Gasteiger partial charge in [-0.15, -0.1) is 0 Å². The molecule has 102 valence electrons. The highest BCUT2D eigenvalue weighted by molar-refractivity contribution is 6.01. The van der Waals surface area contributed by atoms with Gasteiger partial charge in [0.15, 0.2) is 6.10 Å². The summed E-state index contributed by atoms with van der Waals surface area (Å²) in [7, 11) is 0. The van der Waals surface area contributed by atoms with E-state index < -0.39 is 6.10 Å². The number of ether oxygens (including phenoxy) is 1. The lowest BCUT2D eigenvalue weighted by Crippen LogP contribution is -2.40. The molecule has 0 spiro atoms. The maximum atomic E-state index is 12.0. The lowest BCUT2D eigenvalue weighted by atomic mass is 10.1. The van der Waals surface area contributed by atoms with Crippen molar-refractivity contribution in [2.45, 2.75) is 39.3 Å². The molecule has 0 radical (unpaired) electrons. The smallest absolute Gasteiger partial charge is 0.265 e. The van der Waals surface area contributed by atoms with E-state index in [2.05, 4.69) is 10.6 Å². The van der Waals surface area contributed by atoms with Crippen molar-refractivity contribution in [2.75, 3.05) is 5.32 Å². The van der Waals surface area contributed by atoms with E-state index in [0.29, 0.717) is 17.0 Å². The van der Waals surface area contributed by atoms with Crippen molar-refractivity contribution in [3.05, 3.63) is 23.8 Å². The van der Waals surface area contributed by atoms with Gasteiger partial charge in [-0.3, -0.25) is 9.59 Å². The summed E-state index contributed by atoms with van der Waals surface area (Å²) in [4.78, 5) is 23.6. The van der Waals surface area contributed by atoms with E-state index in [9.17, 15) is 9.59 Å². The van der Waals surface area contributed by atoms with Crippen molar-refractivity contribution in [2.24, 2.45) is 0 Å². The van der Waals surface area contributed by atoms with E-state index in [1.54, 1.807) is 25.1 Å². The first-order valence-corrected chi connectivity index (χ1v) is 6.20.